The van der Waals surface area contributed by atoms with Crippen molar-refractivity contribution < 1.29 is 14.3 Å². The number of likely N-dealkylation sites (tertiary alicyclic amines) is 1. The maximum absolute atomic E-state index is 13.2. The number of allylic oxidation sites excluding steroid dienone is 2. The largest absolute Gasteiger partial charge is 0.492 e. The maximum atomic E-state index is 13.2. The lowest BCUT2D eigenvalue weighted by Crippen LogP contribution is -2.48. The van der Waals surface area contributed by atoms with E-state index in [-0.39, 0.29) is 23.8 Å². The molecule has 3 unspecified atom stereocenters. The van der Waals surface area contributed by atoms with Crippen LogP contribution in [0.3, 0.4) is 0 Å². The fourth-order valence-corrected chi connectivity index (χ4v) is 5.52. The molecule has 198 valence electrons. The van der Waals surface area contributed by atoms with Crippen LogP contribution in [-0.4, -0.2) is 55.0 Å². The summed E-state index contributed by atoms with van der Waals surface area (Å²) < 4.78 is 5.96. The highest BCUT2D eigenvalue weighted by atomic mass is 16.5. The van der Waals surface area contributed by atoms with Crippen molar-refractivity contribution in [2.45, 2.75) is 64.1 Å². The number of benzene rings is 1. The molecule has 2 aliphatic carbocycles. The zero-order valence-electron chi connectivity index (χ0n) is 21.9. The lowest BCUT2D eigenvalue weighted by atomic mass is 9.92. The second-order valence-electron chi connectivity index (χ2n) is 10.8. The SMILES string of the molecule is CC1=C(C(=O)NC(CCC2CC2)C(=O)NCc2cccc(OCCN3CCCC3)c2)NC2C=CC=CC12. The molecule has 3 atom stereocenters. The first-order valence-electron chi connectivity index (χ1n) is 13.9. The molecule has 0 aromatic heterocycles. The fourth-order valence-electron chi connectivity index (χ4n) is 5.52. The Labute approximate surface area is 220 Å². The summed E-state index contributed by atoms with van der Waals surface area (Å²) in [6.07, 6.45) is 14.8. The van der Waals surface area contributed by atoms with Crippen molar-refractivity contribution in [1.29, 1.82) is 0 Å². The standard InChI is InChI=1S/C30H40N4O3/c1-21-25-9-2-3-10-26(25)32-28(21)30(36)33-27(14-13-22-11-12-22)29(35)31-20-23-7-6-8-24(19-23)37-18-17-34-15-4-5-16-34/h2-3,6-10,19,22,25-27,32H,4-5,11-18,20H2,1H3,(H,31,35)(H,33,36). The van der Waals surface area contributed by atoms with Gasteiger partial charge in [-0.1, -0.05) is 49.3 Å². The topological polar surface area (TPSA) is 82.7 Å². The molecule has 7 nitrogen and oxygen atoms in total. The average molecular weight is 505 g/mol. The van der Waals surface area contributed by atoms with Crippen LogP contribution in [-0.2, 0) is 16.1 Å². The van der Waals surface area contributed by atoms with E-state index in [2.05, 4.69) is 33.0 Å². The molecule has 1 aromatic rings. The van der Waals surface area contributed by atoms with E-state index >= 15 is 0 Å². The molecule has 1 aromatic carbocycles. The Hall–Kier alpha value is -3.06. The fraction of sp³-hybridized carbons (Fsp3) is 0.533. The number of ether oxygens (including phenoxy) is 1. The Morgan fingerprint density at radius 3 is 2.76 bits per heavy atom. The molecule has 2 fully saturated rings. The van der Waals surface area contributed by atoms with Crippen LogP contribution in [0.2, 0.25) is 0 Å². The molecule has 3 N–H and O–H groups in total. The monoisotopic (exact) mass is 504 g/mol. The molecule has 37 heavy (non-hydrogen) atoms. The highest BCUT2D eigenvalue weighted by molar-refractivity contribution is 5.97. The summed E-state index contributed by atoms with van der Waals surface area (Å²) in [5.41, 5.74) is 2.60. The number of hydrogen-bond donors (Lipinski definition) is 3. The Kier molecular flexibility index (Phi) is 8.29. The van der Waals surface area contributed by atoms with Gasteiger partial charge in [-0.2, -0.15) is 0 Å². The molecular formula is C30H40N4O3. The van der Waals surface area contributed by atoms with Gasteiger partial charge in [0.1, 0.15) is 18.4 Å². The molecule has 7 heteroatoms. The zero-order chi connectivity index (χ0) is 25.6. The van der Waals surface area contributed by atoms with E-state index in [0.717, 1.165) is 42.9 Å². The molecule has 2 aliphatic heterocycles. The summed E-state index contributed by atoms with van der Waals surface area (Å²) in [5.74, 6) is 1.37. The number of amides is 2. The number of hydrogen-bond acceptors (Lipinski definition) is 5. The van der Waals surface area contributed by atoms with E-state index < -0.39 is 6.04 Å². The van der Waals surface area contributed by atoms with Crippen LogP contribution in [0.25, 0.3) is 0 Å². The first kappa shape index (κ1) is 25.6. The van der Waals surface area contributed by atoms with E-state index in [0.29, 0.717) is 31.2 Å². The quantitative estimate of drug-likeness (QED) is 0.406. The predicted molar refractivity (Wildman–Crippen MR) is 145 cm³/mol. The third-order valence-electron chi connectivity index (χ3n) is 7.99. The third-order valence-corrected chi connectivity index (χ3v) is 7.99. The number of nitrogens with one attached hydrogen (secondary N) is 3. The van der Waals surface area contributed by atoms with E-state index in [4.69, 9.17) is 4.74 Å². The second-order valence-corrected chi connectivity index (χ2v) is 10.8. The number of rotatable bonds is 12. The molecule has 4 aliphatic rings. The van der Waals surface area contributed by atoms with E-state index in [1.165, 1.54) is 25.7 Å². The van der Waals surface area contributed by atoms with E-state index in [9.17, 15) is 9.59 Å². The minimum Gasteiger partial charge on any atom is -0.492 e. The minimum atomic E-state index is -0.552. The van der Waals surface area contributed by atoms with Crippen molar-refractivity contribution in [3.05, 3.63) is 65.4 Å². The summed E-state index contributed by atoms with van der Waals surface area (Å²) in [5, 5.41) is 9.43. The van der Waals surface area contributed by atoms with Crippen molar-refractivity contribution in [2.24, 2.45) is 11.8 Å². The van der Waals surface area contributed by atoms with Gasteiger partial charge in [-0.05, 0) is 74.9 Å². The summed E-state index contributed by atoms with van der Waals surface area (Å²) in [6, 6.07) is 7.45. The van der Waals surface area contributed by atoms with Crippen molar-refractivity contribution >= 4 is 11.8 Å². The number of carbonyl (C=O) groups is 2. The predicted octanol–water partition coefficient (Wildman–Crippen LogP) is 3.44. The Morgan fingerprint density at radius 1 is 1.16 bits per heavy atom. The molecule has 0 spiro atoms. The van der Waals surface area contributed by atoms with Gasteiger partial charge in [0, 0.05) is 19.0 Å². The molecule has 1 saturated heterocycles. The molecule has 2 heterocycles. The third kappa shape index (κ3) is 6.83. The van der Waals surface area contributed by atoms with Gasteiger partial charge in [0.05, 0.1) is 11.7 Å². The number of fused-ring (bicyclic) bond motifs is 1. The van der Waals surface area contributed by atoms with Gasteiger partial charge in [-0.25, -0.2) is 0 Å². The van der Waals surface area contributed by atoms with E-state index in [1.807, 2.05) is 43.3 Å². The van der Waals surface area contributed by atoms with Crippen LogP contribution in [0.5, 0.6) is 5.75 Å². The summed E-state index contributed by atoms with van der Waals surface area (Å²) in [6.45, 7) is 6.34. The van der Waals surface area contributed by atoms with Gasteiger partial charge < -0.3 is 20.7 Å². The molecule has 5 rings (SSSR count). The van der Waals surface area contributed by atoms with Crippen molar-refractivity contribution in [3.8, 4) is 5.75 Å². The van der Waals surface area contributed by atoms with Crippen LogP contribution >= 0.6 is 0 Å². The van der Waals surface area contributed by atoms with Gasteiger partial charge in [0.2, 0.25) is 5.91 Å². The maximum Gasteiger partial charge on any atom is 0.267 e. The summed E-state index contributed by atoms with van der Waals surface area (Å²) >= 11 is 0. The van der Waals surface area contributed by atoms with Crippen LogP contribution in [0.1, 0.15) is 51.0 Å². The van der Waals surface area contributed by atoms with Crippen molar-refractivity contribution in [2.75, 3.05) is 26.2 Å². The first-order chi connectivity index (χ1) is 18.1. The van der Waals surface area contributed by atoms with Gasteiger partial charge >= 0.3 is 0 Å². The summed E-state index contributed by atoms with van der Waals surface area (Å²) in [7, 11) is 0. The normalized spacial score (nSPS) is 23.5. The van der Waals surface area contributed by atoms with Crippen LogP contribution in [0.4, 0.5) is 0 Å². The molecule has 2 amide bonds. The van der Waals surface area contributed by atoms with Crippen LogP contribution in [0.15, 0.2) is 59.8 Å². The van der Waals surface area contributed by atoms with Gasteiger partial charge in [0.25, 0.3) is 5.91 Å². The lowest BCUT2D eigenvalue weighted by Gasteiger charge is -2.20. The Morgan fingerprint density at radius 2 is 1.97 bits per heavy atom. The number of carbonyl (C=O) groups excluding carboxylic acids is 2. The molecule has 1 saturated carbocycles. The van der Waals surface area contributed by atoms with Gasteiger partial charge in [-0.3, -0.25) is 14.5 Å². The van der Waals surface area contributed by atoms with Crippen LogP contribution < -0.4 is 20.7 Å². The zero-order valence-corrected chi connectivity index (χ0v) is 21.9. The number of nitrogens with zero attached hydrogens (tertiary/aromatic N) is 1. The molecule has 0 bridgehead atoms. The Bertz CT molecular complexity index is 1070. The Balaban J connectivity index is 1.15. The minimum absolute atomic E-state index is 0.106. The molecule has 0 radical (unpaired) electrons. The summed E-state index contributed by atoms with van der Waals surface area (Å²) in [4.78, 5) is 28.9. The first-order valence-corrected chi connectivity index (χ1v) is 13.9. The smallest absolute Gasteiger partial charge is 0.267 e. The molecular weight excluding hydrogens is 464 g/mol. The highest BCUT2D eigenvalue weighted by Crippen LogP contribution is 2.34. The van der Waals surface area contributed by atoms with Gasteiger partial charge in [0.15, 0.2) is 0 Å². The second kappa shape index (κ2) is 12.0. The average Bonchev–Trinajstić information content (AvgIpc) is 3.48. The van der Waals surface area contributed by atoms with Crippen molar-refractivity contribution in [3.63, 3.8) is 0 Å². The van der Waals surface area contributed by atoms with Gasteiger partial charge in [-0.15, -0.1) is 0 Å². The van der Waals surface area contributed by atoms with E-state index in [1.54, 1.807) is 0 Å². The highest BCUT2D eigenvalue weighted by Gasteiger charge is 2.34. The van der Waals surface area contributed by atoms with Crippen LogP contribution in [0, 0.1) is 11.8 Å². The van der Waals surface area contributed by atoms with Crippen molar-refractivity contribution in [1.82, 2.24) is 20.9 Å². The lowest BCUT2D eigenvalue weighted by molar-refractivity contribution is -0.127.